The monoisotopic (exact) mass is 359 g/mol. The third kappa shape index (κ3) is 4.77. The van der Waals surface area contributed by atoms with Crippen molar-refractivity contribution in [2.24, 2.45) is 0 Å². The highest BCUT2D eigenvalue weighted by Gasteiger charge is 2.35. The molecule has 0 saturated heterocycles. The molecule has 2 rings (SSSR count). The lowest BCUT2D eigenvalue weighted by atomic mass is 10.1. The van der Waals surface area contributed by atoms with E-state index in [1.807, 2.05) is 0 Å². The molecule has 7 nitrogen and oxygen atoms in total. The molecular weight excluding hydrogens is 343 g/mol. The third-order valence-corrected chi connectivity index (χ3v) is 3.01. The fraction of sp³-hybridized carbons (Fsp3) is 0.400. The number of halogens is 3. The number of hydrogen-bond acceptors (Lipinski definition) is 6. The summed E-state index contributed by atoms with van der Waals surface area (Å²) in [7, 11) is 0. The van der Waals surface area contributed by atoms with E-state index in [4.69, 9.17) is 14.0 Å². The van der Waals surface area contributed by atoms with Crippen LogP contribution in [0.4, 0.5) is 19.1 Å². The molecule has 0 spiro atoms. The van der Waals surface area contributed by atoms with Gasteiger partial charge in [0, 0.05) is 31.7 Å². The number of carbonyl (C=O) groups excluding carboxylic acids is 1. The average Bonchev–Trinajstić information content (AvgIpc) is 3.02. The van der Waals surface area contributed by atoms with Crippen LogP contribution in [0.3, 0.4) is 0 Å². The molecule has 0 bridgehead atoms. The van der Waals surface area contributed by atoms with Crippen LogP contribution in [-0.4, -0.2) is 29.3 Å². The summed E-state index contributed by atoms with van der Waals surface area (Å²) in [4.78, 5) is 15.7. The van der Waals surface area contributed by atoms with Crippen molar-refractivity contribution in [3.63, 3.8) is 0 Å². The minimum Gasteiger partial charge on any atom is -0.347 e. The van der Waals surface area contributed by atoms with Crippen LogP contribution in [0, 0.1) is 0 Å². The number of hydrogen-bond donors (Lipinski definition) is 1. The van der Waals surface area contributed by atoms with Gasteiger partial charge in [0.25, 0.3) is 5.91 Å². The van der Waals surface area contributed by atoms with E-state index in [1.165, 1.54) is 6.07 Å². The Morgan fingerprint density at radius 3 is 2.60 bits per heavy atom. The smallest absolute Gasteiger partial charge is 0.347 e. The first-order valence-electron chi connectivity index (χ1n) is 7.39. The molecule has 1 amide bonds. The first kappa shape index (κ1) is 18.9. The Balaban J connectivity index is 2.17. The summed E-state index contributed by atoms with van der Waals surface area (Å²) in [6.07, 6.45) is -3.69. The molecule has 0 aliphatic rings. The van der Waals surface area contributed by atoms with Crippen LogP contribution in [0.2, 0.25) is 0 Å². The number of alkyl halides is 3. The number of nitrogens with one attached hydrogen (secondary N) is 1. The van der Waals surface area contributed by atoms with Crippen LogP contribution in [0.25, 0.3) is 0 Å². The van der Waals surface area contributed by atoms with Crippen LogP contribution in [0.15, 0.2) is 29.0 Å². The molecule has 0 unspecified atom stereocenters. The van der Waals surface area contributed by atoms with E-state index in [9.17, 15) is 18.0 Å². The first-order valence-corrected chi connectivity index (χ1v) is 7.39. The number of ether oxygens (including phenoxy) is 2. The van der Waals surface area contributed by atoms with E-state index in [0.717, 1.165) is 18.5 Å². The van der Waals surface area contributed by atoms with E-state index in [-0.39, 0.29) is 11.6 Å². The van der Waals surface area contributed by atoms with E-state index in [1.54, 1.807) is 13.8 Å². The van der Waals surface area contributed by atoms with Gasteiger partial charge in [-0.2, -0.15) is 13.2 Å². The molecule has 10 heteroatoms. The zero-order valence-electron chi connectivity index (χ0n) is 13.5. The SMILES string of the molecule is CCOC(OCC)c1cc(NC(=O)c2cnccc2C(F)(F)F)on1. The fourth-order valence-electron chi connectivity index (χ4n) is 1.98. The average molecular weight is 359 g/mol. The minimum atomic E-state index is -4.68. The Bertz CT molecular complexity index is 712. The summed E-state index contributed by atoms with van der Waals surface area (Å²) in [5.41, 5.74) is -1.47. The van der Waals surface area contributed by atoms with Crippen molar-refractivity contribution in [2.75, 3.05) is 18.5 Å². The van der Waals surface area contributed by atoms with Gasteiger partial charge in [0.2, 0.25) is 12.2 Å². The molecule has 1 N–H and O–H groups in total. The Labute approximate surface area is 141 Å². The van der Waals surface area contributed by atoms with Gasteiger partial charge < -0.3 is 14.0 Å². The van der Waals surface area contributed by atoms with Crippen molar-refractivity contribution < 1.29 is 32.0 Å². The van der Waals surface area contributed by atoms with Crippen molar-refractivity contribution in [3.8, 4) is 0 Å². The minimum absolute atomic E-state index is 0.138. The Kier molecular flexibility index (Phi) is 6.10. The predicted octanol–water partition coefficient (Wildman–Crippen LogP) is 3.41. The predicted molar refractivity (Wildman–Crippen MR) is 79.7 cm³/mol. The van der Waals surface area contributed by atoms with Crippen molar-refractivity contribution in [1.29, 1.82) is 0 Å². The third-order valence-electron chi connectivity index (χ3n) is 3.01. The van der Waals surface area contributed by atoms with Crippen molar-refractivity contribution in [3.05, 3.63) is 41.3 Å². The number of carbonyl (C=O) groups is 1. The maximum atomic E-state index is 13.0. The molecular formula is C15H16F3N3O4. The second-order valence-electron chi connectivity index (χ2n) is 4.73. The number of aromatic nitrogens is 2. The second-order valence-corrected chi connectivity index (χ2v) is 4.73. The van der Waals surface area contributed by atoms with Gasteiger partial charge in [-0.15, -0.1) is 0 Å². The fourth-order valence-corrected chi connectivity index (χ4v) is 1.98. The van der Waals surface area contributed by atoms with Crippen LogP contribution in [-0.2, 0) is 15.7 Å². The molecule has 2 heterocycles. The zero-order chi connectivity index (χ0) is 18.4. The number of rotatable bonds is 7. The zero-order valence-corrected chi connectivity index (χ0v) is 13.5. The van der Waals surface area contributed by atoms with Crippen LogP contribution in [0.5, 0.6) is 0 Å². The summed E-state index contributed by atoms with van der Waals surface area (Å²) in [6.45, 7) is 4.22. The highest BCUT2D eigenvalue weighted by Crippen LogP contribution is 2.32. The van der Waals surface area contributed by atoms with Crippen molar-refractivity contribution in [1.82, 2.24) is 10.1 Å². The van der Waals surface area contributed by atoms with E-state index in [0.29, 0.717) is 13.2 Å². The van der Waals surface area contributed by atoms with Gasteiger partial charge in [0.15, 0.2) is 0 Å². The molecule has 0 saturated carbocycles. The van der Waals surface area contributed by atoms with Gasteiger partial charge >= 0.3 is 6.18 Å². The van der Waals surface area contributed by atoms with Crippen LogP contribution >= 0.6 is 0 Å². The lowest BCUT2D eigenvalue weighted by molar-refractivity contribution is -0.143. The van der Waals surface area contributed by atoms with E-state index < -0.39 is 29.5 Å². The van der Waals surface area contributed by atoms with Crippen molar-refractivity contribution in [2.45, 2.75) is 26.3 Å². The van der Waals surface area contributed by atoms with E-state index in [2.05, 4.69) is 15.5 Å². The lowest BCUT2D eigenvalue weighted by Gasteiger charge is -2.13. The number of anilines is 1. The topological polar surface area (TPSA) is 86.5 Å². The molecule has 25 heavy (non-hydrogen) atoms. The number of pyridine rings is 1. The maximum absolute atomic E-state index is 13.0. The van der Waals surface area contributed by atoms with Crippen molar-refractivity contribution >= 4 is 11.8 Å². The number of amides is 1. The summed E-state index contributed by atoms with van der Waals surface area (Å²) < 4.78 is 54.4. The van der Waals surface area contributed by atoms with Gasteiger partial charge in [-0.25, -0.2) is 0 Å². The lowest BCUT2D eigenvalue weighted by Crippen LogP contribution is -2.18. The second kappa shape index (κ2) is 8.08. The standard InChI is InChI=1S/C15H16F3N3O4/c1-3-23-14(24-4-2)11-7-12(25-21-11)20-13(22)9-8-19-6-5-10(9)15(16,17)18/h5-8,14H,3-4H2,1-2H3,(H,20,22). The van der Waals surface area contributed by atoms with Gasteiger partial charge in [-0.1, -0.05) is 5.16 Å². The quantitative estimate of drug-likeness (QED) is 0.763. The molecule has 0 radical (unpaired) electrons. The first-order chi connectivity index (χ1) is 11.9. The highest BCUT2D eigenvalue weighted by atomic mass is 19.4. The summed E-state index contributed by atoms with van der Waals surface area (Å²) in [5.74, 6) is -1.16. The normalized spacial score (nSPS) is 11.8. The summed E-state index contributed by atoms with van der Waals surface area (Å²) in [6, 6.07) is 2.04. The van der Waals surface area contributed by atoms with Gasteiger partial charge in [-0.3, -0.25) is 15.1 Å². The molecule has 0 aliphatic heterocycles. The van der Waals surface area contributed by atoms with Gasteiger partial charge in [0.1, 0.15) is 5.69 Å². The Hall–Kier alpha value is -2.46. The van der Waals surface area contributed by atoms with Crippen LogP contribution < -0.4 is 5.32 Å². The summed E-state index contributed by atoms with van der Waals surface area (Å²) >= 11 is 0. The Morgan fingerprint density at radius 1 is 1.32 bits per heavy atom. The summed E-state index contributed by atoms with van der Waals surface area (Å²) in [5, 5.41) is 5.91. The maximum Gasteiger partial charge on any atom is 0.417 e. The molecule has 0 atom stereocenters. The van der Waals surface area contributed by atoms with E-state index >= 15 is 0 Å². The molecule has 0 aliphatic carbocycles. The number of nitrogens with zero attached hydrogens (tertiary/aromatic N) is 2. The van der Waals surface area contributed by atoms with Gasteiger partial charge in [0.05, 0.1) is 11.1 Å². The Morgan fingerprint density at radius 2 is 2.00 bits per heavy atom. The molecule has 0 aromatic carbocycles. The molecule has 2 aromatic rings. The molecule has 2 aromatic heterocycles. The highest BCUT2D eigenvalue weighted by molar-refractivity contribution is 6.04. The van der Waals surface area contributed by atoms with Crippen LogP contribution in [0.1, 0.15) is 41.8 Å². The molecule has 136 valence electrons. The largest absolute Gasteiger partial charge is 0.417 e. The van der Waals surface area contributed by atoms with Gasteiger partial charge in [-0.05, 0) is 19.9 Å². The molecule has 0 fully saturated rings.